The van der Waals surface area contributed by atoms with E-state index in [2.05, 4.69) is 5.32 Å². The van der Waals surface area contributed by atoms with Crippen LogP contribution in [0.1, 0.15) is 86.7 Å². The van der Waals surface area contributed by atoms with Gasteiger partial charge in [-0.3, -0.25) is 19.2 Å². The standard InChI is InChI=1S/C47H51NO15/c1-24-31(61-43(57)36(53)35(27-17-19-30(51)20-18-27)48-41(55)28-13-9-7-10-14-28)22-47(58)40(62-42(56)29-15-11-8-12-16-29)38-45(6,32(52)21-33-46(38,23-59-33)63-26(3)50)39(54)37(60-25(2)49)34(24)44(47,4)5/h7-20,31-33,35-38,40,51-53,58H,21-23H2,1-6H3,(H,48,55)/t31?,32-,33+,35?,36?,37+,38?,40?,45+,46-,47+/m0/s1. The van der Waals surface area contributed by atoms with Crippen molar-refractivity contribution in [3.8, 4) is 5.75 Å². The van der Waals surface area contributed by atoms with E-state index in [9.17, 15) is 44.4 Å². The molecule has 1 saturated heterocycles. The smallest absolute Gasteiger partial charge is 0.338 e. The first kappa shape index (κ1) is 45.1. The van der Waals surface area contributed by atoms with Gasteiger partial charge in [-0.2, -0.15) is 0 Å². The number of aliphatic hydroxyl groups excluding tert-OH is 2. The Hall–Kier alpha value is -5.94. The molecule has 1 amide bonds. The lowest BCUT2D eigenvalue weighted by atomic mass is 9.44. The maximum absolute atomic E-state index is 15.5. The number of ketones is 1. The third-order valence-electron chi connectivity index (χ3n) is 13.6. The van der Waals surface area contributed by atoms with Crippen LogP contribution in [-0.4, -0.2) is 110 Å². The molecule has 3 fully saturated rings. The molecule has 7 rings (SSSR count). The van der Waals surface area contributed by atoms with E-state index in [1.165, 1.54) is 62.4 Å². The minimum absolute atomic E-state index is 0.0302. The van der Waals surface area contributed by atoms with Crippen LogP contribution in [0.25, 0.3) is 0 Å². The molecule has 1 aliphatic heterocycles. The van der Waals surface area contributed by atoms with E-state index in [-0.39, 0.29) is 46.6 Å². The van der Waals surface area contributed by atoms with Gasteiger partial charge < -0.3 is 49.4 Å². The fourth-order valence-electron chi connectivity index (χ4n) is 10.2. The van der Waals surface area contributed by atoms with Gasteiger partial charge >= 0.3 is 23.9 Å². The molecule has 11 atom stereocenters. The second kappa shape index (κ2) is 16.6. The first-order valence-corrected chi connectivity index (χ1v) is 20.6. The number of aromatic hydroxyl groups is 1. The Labute approximate surface area is 363 Å². The average Bonchev–Trinajstić information content (AvgIpc) is 3.24. The van der Waals surface area contributed by atoms with E-state index >= 15 is 4.79 Å². The number of nitrogens with one attached hydrogen (secondary N) is 1. The third kappa shape index (κ3) is 7.58. The summed E-state index contributed by atoms with van der Waals surface area (Å²) in [5.74, 6) is -7.18. The van der Waals surface area contributed by atoms with Crippen molar-refractivity contribution >= 4 is 35.6 Å². The molecule has 0 radical (unpaired) electrons. The van der Waals surface area contributed by atoms with Gasteiger partial charge in [-0.15, -0.1) is 0 Å². The molecule has 2 saturated carbocycles. The van der Waals surface area contributed by atoms with Gasteiger partial charge in [0.15, 0.2) is 23.6 Å². The van der Waals surface area contributed by atoms with Crippen molar-refractivity contribution < 1.29 is 72.9 Å². The van der Waals surface area contributed by atoms with Crippen LogP contribution in [0.15, 0.2) is 96.1 Å². The van der Waals surface area contributed by atoms with E-state index in [0.29, 0.717) is 0 Å². The van der Waals surface area contributed by atoms with Crippen LogP contribution in [0.5, 0.6) is 5.75 Å². The molecule has 5 N–H and O–H groups in total. The number of ether oxygens (including phenoxy) is 5. The number of benzene rings is 3. The third-order valence-corrected chi connectivity index (χ3v) is 13.6. The highest BCUT2D eigenvalue weighted by Gasteiger charge is 2.78. The van der Waals surface area contributed by atoms with Crippen molar-refractivity contribution in [1.82, 2.24) is 5.32 Å². The number of hydrogen-bond donors (Lipinski definition) is 5. The van der Waals surface area contributed by atoms with Crippen LogP contribution in [0.4, 0.5) is 0 Å². The van der Waals surface area contributed by atoms with Gasteiger partial charge in [-0.05, 0) is 67.0 Å². The van der Waals surface area contributed by atoms with E-state index in [4.69, 9.17) is 23.7 Å². The summed E-state index contributed by atoms with van der Waals surface area (Å²) >= 11 is 0. The Balaban J connectivity index is 1.39. The number of carbonyl (C=O) groups excluding carboxylic acids is 6. The first-order chi connectivity index (χ1) is 29.7. The highest BCUT2D eigenvalue weighted by Crippen LogP contribution is 2.64. The summed E-state index contributed by atoms with van der Waals surface area (Å²) in [4.78, 5) is 83.5. The fourth-order valence-corrected chi connectivity index (χ4v) is 10.2. The van der Waals surface area contributed by atoms with Crippen molar-refractivity contribution in [3.05, 3.63) is 113 Å². The van der Waals surface area contributed by atoms with E-state index in [0.717, 1.165) is 13.8 Å². The molecule has 334 valence electrons. The van der Waals surface area contributed by atoms with Gasteiger partial charge in [0.1, 0.15) is 29.7 Å². The number of carbonyl (C=O) groups is 6. The lowest BCUT2D eigenvalue weighted by Crippen LogP contribution is -2.82. The predicted octanol–water partition coefficient (Wildman–Crippen LogP) is 3.44. The number of phenolic OH excluding ortho intramolecular Hbond substituents is 1. The summed E-state index contributed by atoms with van der Waals surface area (Å²) in [6, 6.07) is 19.7. The molecule has 2 bridgehead atoms. The summed E-state index contributed by atoms with van der Waals surface area (Å²) in [5, 5.41) is 50.2. The van der Waals surface area contributed by atoms with Crippen molar-refractivity contribution in [2.45, 2.75) is 108 Å². The maximum atomic E-state index is 15.5. The molecule has 3 aliphatic carbocycles. The summed E-state index contributed by atoms with van der Waals surface area (Å²) < 4.78 is 30.2. The van der Waals surface area contributed by atoms with E-state index in [1.807, 2.05) is 0 Å². The van der Waals surface area contributed by atoms with Crippen LogP contribution >= 0.6 is 0 Å². The molecule has 5 unspecified atom stereocenters. The highest BCUT2D eigenvalue weighted by molar-refractivity contribution is 5.96. The molecule has 3 aromatic carbocycles. The fraction of sp³-hybridized carbons (Fsp3) is 0.447. The minimum atomic E-state index is -2.42. The molecule has 1 heterocycles. The largest absolute Gasteiger partial charge is 0.508 e. The van der Waals surface area contributed by atoms with Gasteiger partial charge in [0, 0.05) is 37.7 Å². The second-order valence-electron chi connectivity index (χ2n) is 17.5. The van der Waals surface area contributed by atoms with Crippen molar-refractivity contribution in [2.24, 2.45) is 16.7 Å². The molecular weight excluding hydrogens is 819 g/mol. The van der Waals surface area contributed by atoms with Crippen LogP contribution in [-0.2, 0) is 42.9 Å². The lowest BCUT2D eigenvalue weighted by Gasteiger charge is -2.67. The number of rotatable bonds is 10. The zero-order valence-electron chi connectivity index (χ0n) is 35.6. The summed E-state index contributed by atoms with van der Waals surface area (Å²) in [6.07, 6.45) is -10.8. The maximum Gasteiger partial charge on any atom is 0.338 e. The molecule has 63 heavy (non-hydrogen) atoms. The molecule has 0 spiro atoms. The minimum Gasteiger partial charge on any atom is -0.508 e. The summed E-state index contributed by atoms with van der Waals surface area (Å²) in [6.45, 7) is 7.86. The monoisotopic (exact) mass is 869 g/mol. The van der Waals surface area contributed by atoms with Gasteiger partial charge in [0.25, 0.3) is 5.91 Å². The van der Waals surface area contributed by atoms with Gasteiger partial charge in [0.05, 0.1) is 35.6 Å². The van der Waals surface area contributed by atoms with Crippen molar-refractivity contribution in [2.75, 3.05) is 6.61 Å². The van der Waals surface area contributed by atoms with Crippen LogP contribution < -0.4 is 5.32 Å². The Morgan fingerprint density at radius 3 is 2.00 bits per heavy atom. The van der Waals surface area contributed by atoms with Crippen molar-refractivity contribution in [1.29, 1.82) is 0 Å². The quantitative estimate of drug-likeness (QED) is 0.111. The second-order valence-corrected chi connectivity index (χ2v) is 17.5. The number of phenols is 1. The van der Waals surface area contributed by atoms with Crippen LogP contribution in [0.2, 0.25) is 0 Å². The van der Waals surface area contributed by atoms with Gasteiger partial charge in [-0.25, -0.2) is 9.59 Å². The lowest BCUT2D eigenvalue weighted by molar-refractivity contribution is -0.346. The number of esters is 4. The highest BCUT2D eigenvalue weighted by atomic mass is 16.6. The molecule has 0 aromatic heterocycles. The zero-order valence-corrected chi connectivity index (χ0v) is 35.6. The Morgan fingerprint density at radius 2 is 1.44 bits per heavy atom. The number of amides is 1. The van der Waals surface area contributed by atoms with Gasteiger partial charge in [-0.1, -0.05) is 62.4 Å². The summed E-state index contributed by atoms with van der Waals surface area (Å²) in [7, 11) is 0. The first-order valence-electron chi connectivity index (χ1n) is 20.6. The molecular formula is C47H51NO15. The SMILES string of the molecule is CC(=O)O[C@H]1C(=O)[C@@]2(C)C(C(OC(=O)c3ccccc3)[C@]3(O)CC(OC(=O)C(O)C(NC(=O)c4ccccc4)c4ccc(O)cc4)C(C)=C1C3(C)C)[C@]1(OC(C)=O)CO[C@@H]1C[C@@H]2O. The van der Waals surface area contributed by atoms with Crippen LogP contribution in [0.3, 0.4) is 0 Å². The molecule has 16 nitrogen and oxygen atoms in total. The Bertz CT molecular complexity index is 2330. The number of fused-ring (bicyclic) bond motifs is 5. The number of Topliss-reactive ketones (excluding diaryl/α,β-unsaturated/α-hetero) is 1. The number of hydrogen-bond acceptors (Lipinski definition) is 15. The predicted molar refractivity (Wildman–Crippen MR) is 219 cm³/mol. The van der Waals surface area contributed by atoms with Crippen molar-refractivity contribution in [3.63, 3.8) is 0 Å². The molecule has 3 aromatic rings. The zero-order chi connectivity index (χ0) is 45.8. The normalized spacial score (nSPS) is 31.5. The Kier molecular flexibility index (Phi) is 11.9. The average molecular weight is 870 g/mol. The Morgan fingerprint density at radius 1 is 0.841 bits per heavy atom. The van der Waals surface area contributed by atoms with Crippen LogP contribution in [0, 0.1) is 16.7 Å². The van der Waals surface area contributed by atoms with E-state index < -0.39 is 113 Å². The summed E-state index contributed by atoms with van der Waals surface area (Å²) in [5.41, 5.74) is -7.39. The topological polar surface area (TPSA) is 242 Å². The molecule has 4 aliphatic rings. The van der Waals surface area contributed by atoms with E-state index in [1.54, 1.807) is 50.2 Å². The number of aliphatic hydroxyl groups is 3. The molecule has 16 heteroatoms. The van der Waals surface area contributed by atoms with Gasteiger partial charge in [0.2, 0.25) is 0 Å².